The number of anilines is 3. The second-order valence-corrected chi connectivity index (χ2v) is 26.3. The Bertz CT molecular complexity index is 5670. The van der Waals surface area contributed by atoms with Gasteiger partial charge in [-0.15, -0.1) is 34.0 Å². The Balaban J connectivity index is 0.719. The van der Waals surface area contributed by atoms with Crippen LogP contribution in [0.3, 0.4) is 0 Å². The van der Waals surface area contributed by atoms with E-state index in [1.165, 1.54) is 116 Å². The standard InChI is InChI=1S/C81H47NO2S3/c1-3-13-47(14-4-1)49-25-27-52-39-55(30-29-51(52)37-49)79(65-21-11-19-63-61-17-7-9-23-75(61)86-80(63)65)56-32-35-59-66-45-77-68(43-73(66)83-71(59)41-56)69-44-74-67(46-78(69)85-77)60-36-34-58(42-72(60)84-74)82(70-22-12-20-64-62-18-8-10-24-76(62)87-81(64)70)57-33-31-53-38-50(26-28-54(53)40-57)48-15-5-2-6-16-48/h1-46,79H. The summed E-state index contributed by atoms with van der Waals surface area (Å²) in [5, 5.41) is 16.8. The number of fused-ring (bicyclic) bond motifs is 17. The predicted molar refractivity (Wildman–Crippen MR) is 374 cm³/mol. The van der Waals surface area contributed by atoms with Crippen LogP contribution >= 0.6 is 34.0 Å². The van der Waals surface area contributed by atoms with Gasteiger partial charge in [0.1, 0.15) is 22.3 Å². The molecule has 0 saturated heterocycles. The first-order valence-electron chi connectivity index (χ1n) is 29.5. The fraction of sp³-hybridized carbons (Fsp3) is 0.0123. The maximum absolute atomic E-state index is 7.02. The SMILES string of the molecule is c1ccc(-c2ccc3cc(C(c4ccc5c(c4)oc4cc6c(cc45)sc4cc5c(cc46)oc4cc(N(c6ccc7cc(-c8ccccc8)ccc7c6)c6cccc7c6sc6ccccc67)ccc45)c4cccc5c4sc4ccccc45)ccc3c2)cc1. The third kappa shape index (κ3) is 7.78. The Morgan fingerprint density at radius 2 is 0.747 bits per heavy atom. The first-order valence-corrected chi connectivity index (χ1v) is 32.0. The lowest BCUT2D eigenvalue weighted by Gasteiger charge is -2.26. The van der Waals surface area contributed by atoms with Crippen LogP contribution in [0.1, 0.15) is 22.6 Å². The van der Waals surface area contributed by atoms with Crippen molar-refractivity contribution in [3.8, 4) is 22.3 Å². The molecule has 14 aromatic carbocycles. The Morgan fingerprint density at radius 3 is 1.43 bits per heavy atom. The fourth-order valence-corrected chi connectivity index (χ4v) is 17.6. The van der Waals surface area contributed by atoms with Gasteiger partial charge in [0.2, 0.25) is 0 Å². The van der Waals surface area contributed by atoms with Gasteiger partial charge in [-0.3, -0.25) is 0 Å². The van der Waals surface area contributed by atoms with Crippen LogP contribution in [0.15, 0.2) is 288 Å². The highest BCUT2D eigenvalue weighted by Crippen LogP contribution is 2.50. The van der Waals surface area contributed by atoms with Crippen LogP contribution in [0.25, 0.3) is 148 Å². The Hall–Kier alpha value is -10.3. The second kappa shape index (κ2) is 19.1. The van der Waals surface area contributed by atoms with E-state index in [4.69, 9.17) is 8.83 Å². The Morgan fingerprint density at radius 1 is 0.264 bits per heavy atom. The molecule has 1 atom stereocenters. The van der Waals surface area contributed by atoms with Gasteiger partial charge in [0.05, 0.1) is 10.4 Å². The summed E-state index contributed by atoms with van der Waals surface area (Å²) in [7, 11) is 0. The summed E-state index contributed by atoms with van der Waals surface area (Å²) < 4.78 is 21.6. The van der Waals surface area contributed by atoms with Crippen molar-refractivity contribution < 1.29 is 8.83 Å². The van der Waals surface area contributed by atoms with E-state index in [1.54, 1.807) is 0 Å². The van der Waals surface area contributed by atoms with Crippen molar-refractivity contribution in [1.82, 2.24) is 0 Å². The third-order valence-corrected chi connectivity index (χ3v) is 21.7. The van der Waals surface area contributed by atoms with Crippen LogP contribution in [0, 0.1) is 0 Å². The lowest BCUT2D eigenvalue weighted by Crippen LogP contribution is -2.10. The number of hydrogen-bond acceptors (Lipinski definition) is 6. The fourth-order valence-electron chi connectivity index (χ4n) is 14.0. The molecule has 0 saturated carbocycles. The maximum Gasteiger partial charge on any atom is 0.137 e. The zero-order valence-corrected chi connectivity index (χ0v) is 49.1. The number of nitrogens with zero attached hydrogens (tertiary/aromatic N) is 1. The normalized spacial score (nSPS) is 12.6. The lowest BCUT2D eigenvalue weighted by atomic mass is 9.83. The predicted octanol–water partition coefficient (Wildman–Crippen LogP) is 24.9. The number of hydrogen-bond donors (Lipinski definition) is 0. The van der Waals surface area contributed by atoms with Crippen LogP contribution in [0.4, 0.5) is 17.1 Å². The highest BCUT2D eigenvalue weighted by molar-refractivity contribution is 7.27. The van der Waals surface area contributed by atoms with E-state index in [-0.39, 0.29) is 5.92 Å². The smallest absolute Gasteiger partial charge is 0.137 e. The summed E-state index contributed by atoms with van der Waals surface area (Å²) in [6.07, 6.45) is 0. The first-order chi connectivity index (χ1) is 43.0. The quantitative estimate of drug-likeness (QED) is 0.142. The minimum atomic E-state index is -0.0424. The molecule has 5 aromatic heterocycles. The molecule has 3 nitrogen and oxygen atoms in total. The summed E-state index contributed by atoms with van der Waals surface area (Å²) in [5.74, 6) is -0.0424. The van der Waals surface area contributed by atoms with Crippen LogP contribution in [0.2, 0.25) is 0 Å². The van der Waals surface area contributed by atoms with E-state index in [0.717, 1.165) is 66.3 Å². The van der Waals surface area contributed by atoms with Gasteiger partial charge in [0.25, 0.3) is 0 Å². The summed E-state index contributed by atoms with van der Waals surface area (Å²) in [6, 6.07) is 103. The molecule has 0 aliphatic rings. The number of benzene rings is 14. The molecular weight excluding hydrogens is 1120 g/mol. The van der Waals surface area contributed by atoms with Crippen molar-refractivity contribution in [3.05, 3.63) is 296 Å². The molecular formula is C81H47NO2S3. The van der Waals surface area contributed by atoms with E-state index in [2.05, 4.69) is 284 Å². The van der Waals surface area contributed by atoms with E-state index >= 15 is 0 Å². The molecule has 0 N–H and O–H groups in total. The highest BCUT2D eigenvalue weighted by atomic mass is 32.1. The monoisotopic (exact) mass is 1160 g/mol. The van der Waals surface area contributed by atoms with Crippen molar-refractivity contribution in [3.63, 3.8) is 0 Å². The van der Waals surface area contributed by atoms with Gasteiger partial charge < -0.3 is 13.7 Å². The number of furan rings is 2. The van der Waals surface area contributed by atoms with E-state index in [9.17, 15) is 0 Å². The van der Waals surface area contributed by atoms with Crippen LogP contribution < -0.4 is 4.90 Å². The molecule has 0 amide bonds. The van der Waals surface area contributed by atoms with Gasteiger partial charge in [-0.2, -0.15) is 0 Å². The molecule has 5 heterocycles. The average Bonchev–Trinajstić information content (AvgIpc) is 1.95. The number of rotatable bonds is 8. The molecule has 0 bridgehead atoms. The summed E-state index contributed by atoms with van der Waals surface area (Å²) in [5.41, 5.74) is 15.4. The number of thiophene rings is 3. The minimum Gasteiger partial charge on any atom is -0.456 e. The van der Waals surface area contributed by atoms with Gasteiger partial charge in [-0.25, -0.2) is 0 Å². The zero-order chi connectivity index (χ0) is 56.8. The minimum absolute atomic E-state index is 0.0424. The van der Waals surface area contributed by atoms with Gasteiger partial charge in [-0.05, 0) is 145 Å². The lowest BCUT2D eigenvalue weighted by molar-refractivity contribution is 0.668. The summed E-state index contributed by atoms with van der Waals surface area (Å²) in [4.78, 5) is 2.42. The van der Waals surface area contributed by atoms with Gasteiger partial charge in [0, 0.05) is 101 Å². The van der Waals surface area contributed by atoms with Crippen molar-refractivity contribution >= 4 is 177 Å². The van der Waals surface area contributed by atoms with E-state index in [0.29, 0.717) is 0 Å². The van der Waals surface area contributed by atoms with E-state index in [1.807, 2.05) is 34.0 Å². The molecule has 6 heteroatoms. The molecule has 0 radical (unpaired) electrons. The molecule has 406 valence electrons. The molecule has 0 aliphatic heterocycles. The first kappa shape index (κ1) is 49.0. The average molecular weight is 1160 g/mol. The molecule has 0 spiro atoms. The van der Waals surface area contributed by atoms with Crippen molar-refractivity contribution in [1.29, 1.82) is 0 Å². The molecule has 0 fully saturated rings. The maximum atomic E-state index is 7.02. The summed E-state index contributed by atoms with van der Waals surface area (Å²) >= 11 is 5.58. The Labute approximate surface area is 511 Å². The van der Waals surface area contributed by atoms with Gasteiger partial charge >= 0.3 is 0 Å². The van der Waals surface area contributed by atoms with Gasteiger partial charge in [-0.1, -0.05) is 188 Å². The summed E-state index contributed by atoms with van der Waals surface area (Å²) in [6.45, 7) is 0. The van der Waals surface area contributed by atoms with Crippen molar-refractivity contribution in [2.24, 2.45) is 0 Å². The van der Waals surface area contributed by atoms with Crippen molar-refractivity contribution in [2.75, 3.05) is 4.90 Å². The van der Waals surface area contributed by atoms with Crippen LogP contribution in [-0.2, 0) is 0 Å². The molecule has 87 heavy (non-hydrogen) atoms. The van der Waals surface area contributed by atoms with E-state index < -0.39 is 0 Å². The molecule has 19 aromatic rings. The second-order valence-electron chi connectivity index (χ2n) is 23.1. The largest absolute Gasteiger partial charge is 0.456 e. The molecule has 19 rings (SSSR count). The molecule has 0 aliphatic carbocycles. The topological polar surface area (TPSA) is 29.5 Å². The zero-order valence-electron chi connectivity index (χ0n) is 46.6. The van der Waals surface area contributed by atoms with Crippen LogP contribution in [0.5, 0.6) is 0 Å². The highest BCUT2D eigenvalue weighted by Gasteiger charge is 2.25. The molecule has 1 unspecified atom stereocenters. The Kier molecular flexibility index (Phi) is 10.7. The van der Waals surface area contributed by atoms with Gasteiger partial charge in [0.15, 0.2) is 0 Å². The third-order valence-electron chi connectivity index (χ3n) is 18.1. The van der Waals surface area contributed by atoms with Crippen LogP contribution in [-0.4, -0.2) is 0 Å². The van der Waals surface area contributed by atoms with Crippen molar-refractivity contribution in [2.45, 2.75) is 5.92 Å².